The van der Waals surface area contributed by atoms with E-state index >= 15 is 0 Å². The van der Waals surface area contributed by atoms with Crippen LogP contribution in [0.15, 0.2) is 24.3 Å². The van der Waals surface area contributed by atoms with Crippen molar-refractivity contribution in [3.63, 3.8) is 0 Å². The van der Waals surface area contributed by atoms with Crippen LogP contribution < -0.4 is 132 Å². The molecule has 0 aliphatic rings. The molecule has 0 radical (unpaired) electrons. The number of amides is 5. The molecule has 0 aliphatic heterocycles. The molecule has 178 valence electrons. The molecule has 0 saturated heterocycles. The molecule has 12 heteroatoms. The fraction of sp³-hybridized carbons (Fsp3) is 0.545. The number of carbonyl (C=O) groups is 4. The fourth-order valence-electron chi connectivity index (χ4n) is 2.47. The maximum Gasteiger partial charge on any atom is 1.00 e. The molecule has 0 bridgehead atoms. The molecule has 0 spiro atoms. The second-order valence-electron chi connectivity index (χ2n) is 7.00. The van der Waals surface area contributed by atoms with Crippen LogP contribution in [0.4, 0.5) is 4.79 Å². The van der Waals surface area contributed by atoms with Gasteiger partial charge in [0.2, 0.25) is 11.8 Å². The summed E-state index contributed by atoms with van der Waals surface area (Å²) < 4.78 is 5.26. The normalized spacial score (nSPS) is 9.59. The van der Waals surface area contributed by atoms with Crippen molar-refractivity contribution < 1.29 is 140 Å². The van der Waals surface area contributed by atoms with Crippen LogP contribution in [0.1, 0.15) is 37.3 Å². The fourth-order valence-corrected chi connectivity index (χ4v) is 2.47. The Hall–Kier alpha value is 0.470. The zero-order valence-electron chi connectivity index (χ0n) is 20.8. The van der Waals surface area contributed by atoms with Crippen molar-refractivity contribution in [2.75, 3.05) is 39.9 Å². The standard InChI is InChI=1S/C22H35N5O5.2Rb/c1-3-10-25-22(31)26-11-4-13-32-16-21(30)27-15-18-7-5-17(6-8-18)14-20(29)24-12-9-19(28)23-2;;/h5-8H,3-4,9-16H2,1-2H3,(H5,23,24,25,26,27,28,29,30,31);;/q;2*+1/p-2. The molecule has 0 aromatic heterocycles. The summed E-state index contributed by atoms with van der Waals surface area (Å²) >= 11 is 0. The van der Waals surface area contributed by atoms with E-state index in [0.717, 1.165) is 17.5 Å². The van der Waals surface area contributed by atoms with Crippen molar-refractivity contribution >= 4 is 23.8 Å². The first kappa shape index (κ1) is 36.6. The van der Waals surface area contributed by atoms with E-state index in [1.165, 1.54) is 0 Å². The predicted molar refractivity (Wildman–Crippen MR) is 121 cm³/mol. The Morgan fingerprint density at radius 2 is 1.59 bits per heavy atom. The second kappa shape index (κ2) is 23.8. The van der Waals surface area contributed by atoms with E-state index in [2.05, 4.69) is 26.6 Å². The Balaban J connectivity index is 0. The van der Waals surface area contributed by atoms with Gasteiger partial charge in [-0.1, -0.05) is 49.7 Å². The third kappa shape index (κ3) is 19.6. The van der Waals surface area contributed by atoms with Gasteiger partial charge >= 0.3 is 116 Å². The minimum absolute atomic E-state index is 0. The third-order valence-electron chi connectivity index (χ3n) is 4.23. The quantitative estimate of drug-likeness (QED) is 0.171. The SMILES string of the molecule is CCCNC(=O)[N-]CCCOCC(=O)[N-]Cc1ccc(CC(=O)NCCC(=O)NC)cc1.[Rb+].[Rb+]. The minimum Gasteiger partial charge on any atom is -0.648 e. The van der Waals surface area contributed by atoms with Crippen LogP contribution >= 0.6 is 0 Å². The summed E-state index contributed by atoms with van der Waals surface area (Å²) in [6, 6.07) is 6.92. The molecule has 5 amide bonds. The third-order valence-corrected chi connectivity index (χ3v) is 4.23. The number of hydrogen-bond donors (Lipinski definition) is 3. The van der Waals surface area contributed by atoms with Crippen LogP contribution in [0.25, 0.3) is 10.6 Å². The number of ether oxygens (including phenoxy) is 1. The zero-order valence-corrected chi connectivity index (χ0v) is 30.6. The molecule has 0 atom stereocenters. The molecule has 0 fully saturated rings. The average molecular weight is 618 g/mol. The van der Waals surface area contributed by atoms with Crippen molar-refractivity contribution in [1.29, 1.82) is 0 Å². The number of nitrogens with one attached hydrogen (secondary N) is 3. The number of hydrogen-bond acceptors (Lipinski definition) is 5. The van der Waals surface area contributed by atoms with E-state index in [1.54, 1.807) is 7.05 Å². The number of urea groups is 1. The number of benzene rings is 1. The number of rotatable bonds is 15. The molecule has 0 saturated carbocycles. The van der Waals surface area contributed by atoms with Gasteiger partial charge in [0.15, 0.2) is 6.03 Å². The first-order valence-electron chi connectivity index (χ1n) is 10.7. The molecule has 1 rings (SSSR count). The van der Waals surface area contributed by atoms with Crippen LogP contribution in [0.3, 0.4) is 0 Å². The predicted octanol–water partition coefficient (Wildman–Crippen LogP) is -4.21. The van der Waals surface area contributed by atoms with Crippen LogP contribution in [-0.4, -0.2) is 63.6 Å². The van der Waals surface area contributed by atoms with Crippen molar-refractivity contribution in [2.24, 2.45) is 0 Å². The number of nitrogens with zero attached hydrogens (tertiary/aromatic N) is 2. The van der Waals surface area contributed by atoms with Gasteiger partial charge in [-0.15, -0.1) is 6.54 Å². The summed E-state index contributed by atoms with van der Waals surface area (Å²) in [6.07, 6.45) is 1.86. The van der Waals surface area contributed by atoms with Gasteiger partial charge in [-0.2, -0.15) is 0 Å². The van der Waals surface area contributed by atoms with E-state index in [4.69, 9.17) is 4.74 Å². The summed E-state index contributed by atoms with van der Waals surface area (Å²) in [4.78, 5) is 46.1. The molecule has 34 heavy (non-hydrogen) atoms. The molecule has 0 unspecified atom stereocenters. The average Bonchev–Trinajstić information content (AvgIpc) is 2.79. The van der Waals surface area contributed by atoms with Crippen molar-refractivity contribution in [1.82, 2.24) is 16.0 Å². The van der Waals surface area contributed by atoms with Crippen molar-refractivity contribution in [3.05, 3.63) is 46.0 Å². The van der Waals surface area contributed by atoms with E-state index < -0.39 is 0 Å². The van der Waals surface area contributed by atoms with Gasteiger partial charge in [0.25, 0.3) is 0 Å². The van der Waals surface area contributed by atoms with Gasteiger partial charge < -0.3 is 36.1 Å². The Morgan fingerprint density at radius 3 is 2.24 bits per heavy atom. The van der Waals surface area contributed by atoms with E-state index in [9.17, 15) is 19.2 Å². The Bertz CT molecular complexity index is 735. The largest absolute Gasteiger partial charge is 1.00 e. The zero-order chi connectivity index (χ0) is 23.6. The first-order chi connectivity index (χ1) is 15.4. The molecule has 3 N–H and O–H groups in total. The Labute approximate surface area is 299 Å². The van der Waals surface area contributed by atoms with Crippen LogP contribution in [-0.2, 0) is 32.1 Å². The van der Waals surface area contributed by atoms with Gasteiger partial charge in [-0.3, -0.25) is 14.4 Å². The van der Waals surface area contributed by atoms with Crippen LogP contribution in [0.5, 0.6) is 0 Å². The van der Waals surface area contributed by atoms with Crippen molar-refractivity contribution in [3.8, 4) is 0 Å². The van der Waals surface area contributed by atoms with Gasteiger partial charge in [0, 0.05) is 26.6 Å². The van der Waals surface area contributed by atoms with Crippen LogP contribution in [0, 0.1) is 0 Å². The molecule has 0 heterocycles. The number of carbonyl (C=O) groups excluding carboxylic acids is 4. The van der Waals surface area contributed by atoms with E-state index in [0.29, 0.717) is 32.7 Å². The summed E-state index contributed by atoms with van der Waals surface area (Å²) in [6.45, 7) is 3.65. The second-order valence-corrected chi connectivity index (χ2v) is 7.00. The van der Waals surface area contributed by atoms with Crippen LogP contribution in [0.2, 0.25) is 0 Å². The first-order valence-corrected chi connectivity index (χ1v) is 10.7. The monoisotopic (exact) mass is 617 g/mol. The van der Waals surface area contributed by atoms with Gasteiger partial charge in [-0.05, 0) is 18.5 Å². The molecular weight excluding hydrogens is 585 g/mol. The molecule has 10 nitrogen and oxygen atoms in total. The molecule has 0 aliphatic carbocycles. The Morgan fingerprint density at radius 1 is 0.912 bits per heavy atom. The summed E-state index contributed by atoms with van der Waals surface area (Å²) in [5.74, 6) is -0.643. The van der Waals surface area contributed by atoms with Gasteiger partial charge in [0.05, 0.1) is 18.9 Å². The summed E-state index contributed by atoms with van der Waals surface area (Å²) in [5.41, 5.74) is 1.67. The molecule has 1 aromatic carbocycles. The van der Waals surface area contributed by atoms with E-state index in [-0.39, 0.29) is 166 Å². The Kier molecular flexibility index (Phi) is 25.7. The maximum atomic E-state index is 11.9. The van der Waals surface area contributed by atoms with Gasteiger partial charge in [0.1, 0.15) is 0 Å². The maximum absolute atomic E-state index is 11.9. The summed E-state index contributed by atoms with van der Waals surface area (Å²) in [5, 5.41) is 15.6. The molecular formula is C22H33N5O5Rb2. The topological polar surface area (TPSA) is 142 Å². The van der Waals surface area contributed by atoms with Crippen molar-refractivity contribution in [2.45, 2.75) is 39.2 Å². The molecule has 1 aromatic rings. The summed E-state index contributed by atoms with van der Waals surface area (Å²) in [7, 11) is 1.55. The van der Waals surface area contributed by atoms with Gasteiger partial charge in [-0.25, -0.2) is 0 Å². The van der Waals surface area contributed by atoms with E-state index in [1.807, 2.05) is 31.2 Å². The smallest absolute Gasteiger partial charge is 0.648 e. The minimum atomic E-state index is -0.359.